The van der Waals surface area contributed by atoms with E-state index in [4.69, 9.17) is 0 Å². The Morgan fingerprint density at radius 2 is 2.31 bits per heavy atom. The number of H-pyrrole nitrogens is 1. The van der Waals surface area contributed by atoms with Crippen LogP contribution in [0.5, 0.6) is 0 Å². The van der Waals surface area contributed by atoms with Crippen molar-refractivity contribution in [1.29, 1.82) is 0 Å². The molecule has 0 atom stereocenters. The van der Waals surface area contributed by atoms with Crippen molar-refractivity contribution in [2.75, 3.05) is 13.1 Å². The smallest absolute Gasteiger partial charge is 0.0522 e. The zero-order valence-electron chi connectivity index (χ0n) is 8.56. The first-order valence-electron chi connectivity index (χ1n) is 5.04. The largest absolute Gasteiger partial charge is 0.317 e. The second-order valence-electron chi connectivity index (χ2n) is 3.37. The maximum Gasteiger partial charge on any atom is 0.0522 e. The van der Waals surface area contributed by atoms with Crippen LogP contribution in [0.15, 0.2) is 6.20 Å². The van der Waals surface area contributed by atoms with E-state index >= 15 is 0 Å². The van der Waals surface area contributed by atoms with E-state index in [0.717, 1.165) is 19.5 Å². The highest BCUT2D eigenvalue weighted by Gasteiger charge is 1.98. The minimum atomic E-state index is 1.11. The monoisotopic (exact) mass is 181 g/mol. The van der Waals surface area contributed by atoms with Gasteiger partial charge >= 0.3 is 0 Å². The van der Waals surface area contributed by atoms with Crippen LogP contribution in [-0.4, -0.2) is 23.3 Å². The van der Waals surface area contributed by atoms with Crippen LogP contribution in [-0.2, 0) is 6.42 Å². The summed E-state index contributed by atoms with van der Waals surface area (Å²) in [5.41, 5.74) is 2.55. The Kier molecular flexibility index (Phi) is 4.54. The summed E-state index contributed by atoms with van der Waals surface area (Å²) < 4.78 is 0. The number of hydrogen-bond donors (Lipinski definition) is 2. The molecule has 1 rings (SSSR count). The molecule has 0 bridgehead atoms. The molecule has 0 amide bonds. The Balaban J connectivity index is 2.10. The Morgan fingerprint density at radius 3 is 2.92 bits per heavy atom. The molecule has 1 heterocycles. The molecule has 1 aromatic heterocycles. The lowest BCUT2D eigenvalue weighted by atomic mass is 10.1. The predicted molar refractivity (Wildman–Crippen MR) is 54.8 cm³/mol. The molecule has 0 saturated carbocycles. The molecular formula is C10H19N3. The van der Waals surface area contributed by atoms with E-state index in [-0.39, 0.29) is 0 Å². The number of hydrogen-bond acceptors (Lipinski definition) is 2. The van der Waals surface area contributed by atoms with Gasteiger partial charge in [-0.3, -0.25) is 5.10 Å². The van der Waals surface area contributed by atoms with Gasteiger partial charge in [0.2, 0.25) is 0 Å². The van der Waals surface area contributed by atoms with Crippen molar-refractivity contribution in [2.45, 2.75) is 33.1 Å². The molecule has 0 unspecified atom stereocenters. The van der Waals surface area contributed by atoms with Gasteiger partial charge in [-0.25, -0.2) is 0 Å². The average molecular weight is 181 g/mol. The fourth-order valence-electron chi connectivity index (χ4n) is 1.33. The molecule has 0 aliphatic heterocycles. The molecule has 0 aliphatic carbocycles. The van der Waals surface area contributed by atoms with Crippen LogP contribution >= 0.6 is 0 Å². The molecule has 1 aromatic rings. The summed E-state index contributed by atoms with van der Waals surface area (Å²) in [5.74, 6) is 0. The predicted octanol–water partition coefficient (Wildman–Crippen LogP) is 1.65. The lowest BCUT2D eigenvalue weighted by molar-refractivity contribution is 0.639. The van der Waals surface area contributed by atoms with E-state index in [1.807, 2.05) is 6.20 Å². The number of nitrogens with zero attached hydrogens (tertiary/aromatic N) is 1. The van der Waals surface area contributed by atoms with E-state index < -0.39 is 0 Å². The van der Waals surface area contributed by atoms with Crippen LogP contribution in [0.2, 0.25) is 0 Å². The summed E-state index contributed by atoms with van der Waals surface area (Å²) in [6.07, 6.45) is 5.46. The van der Waals surface area contributed by atoms with Gasteiger partial charge in [0.15, 0.2) is 0 Å². The third kappa shape index (κ3) is 3.59. The Labute approximate surface area is 79.9 Å². The van der Waals surface area contributed by atoms with Crippen LogP contribution in [0.25, 0.3) is 0 Å². The highest BCUT2D eigenvalue weighted by Crippen LogP contribution is 2.04. The van der Waals surface area contributed by atoms with E-state index in [1.165, 1.54) is 24.1 Å². The van der Waals surface area contributed by atoms with Crippen LogP contribution in [0.4, 0.5) is 0 Å². The molecule has 0 fully saturated rings. The lowest BCUT2D eigenvalue weighted by Crippen LogP contribution is -2.16. The van der Waals surface area contributed by atoms with Gasteiger partial charge in [-0.2, -0.15) is 5.10 Å². The van der Waals surface area contributed by atoms with Crippen LogP contribution in [0.1, 0.15) is 31.0 Å². The first-order chi connectivity index (χ1) is 6.34. The molecule has 74 valence electrons. The summed E-state index contributed by atoms with van der Waals surface area (Å²) in [6.45, 7) is 6.50. The fraction of sp³-hybridized carbons (Fsp3) is 0.700. The van der Waals surface area contributed by atoms with Gasteiger partial charge in [0, 0.05) is 5.69 Å². The topological polar surface area (TPSA) is 40.7 Å². The summed E-state index contributed by atoms with van der Waals surface area (Å²) in [6, 6.07) is 0. The fourth-order valence-corrected chi connectivity index (χ4v) is 1.33. The lowest BCUT2D eigenvalue weighted by Gasteiger charge is -2.01. The second-order valence-corrected chi connectivity index (χ2v) is 3.37. The van der Waals surface area contributed by atoms with Gasteiger partial charge in [-0.05, 0) is 44.8 Å². The number of aromatic amines is 1. The van der Waals surface area contributed by atoms with Crippen molar-refractivity contribution in [2.24, 2.45) is 0 Å². The van der Waals surface area contributed by atoms with Gasteiger partial charge in [-0.1, -0.05) is 6.92 Å². The molecule has 0 aromatic carbocycles. The van der Waals surface area contributed by atoms with Crippen molar-refractivity contribution in [3.05, 3.63) is 17.5 Å². The normalized spacial score (nSPS) is 10.6. The third-order valence-electron chi connectivity index (χ3n) is 2.16. The van der Waals surface area contributed by atoms with E-state index in [9.17, 15) is 0 Å². The summed E-state index contributed by atoms with van der Waals surface area (Å²) >= 11 is 0. The first kappa shape index (κ1) is 10.3. The van der Waals surface area contributed by atoms with Crippen LogP contribution < -0.4 is 5.32 Å². The minimum Gasteiger partial charge on any atom is -0.317 e. The highest BCUT2D eigenvalue weighted by atomic mass is 15.1. The van der Waals surface area contributed by atoms with Gasteiger partial charge < -0.3 is 5.32 Å². The molecule has 0 saturated heterocycles. The quantitative estimate of drug-likeness (QED) is 0.655. The summed E-state index contributed by atoms with van der Waals surface area (Å²) in [4.78, 5) is 0. The number of rotatable bonds is 6. The van der Waals surface area contributed by atoms with E-state index in [1.54, 1.807) is 0 Å². The standard InChI is InChI=1S/C10H19N3/c1-3-6-11-7-4-5-10-8-12-13-9(10)2/h8,11H,3-7H2,1-2H3,(H,12,13). The minimum absolute atomic E-state index is 1.11. The second kappa shape index (κ2) is 5.75. The van der Waals surface area contributed by atoms with Crippen molar-refractivity contribution in [1.82, 2.24) is 15.5 Å². The molecule has 13 heavy (non-hydrogen) atoms. The van der Waals surface area contributed by atoms with E-state index in [2.05, 4.69) is 29.4 Å². The van der Waals surface area contributed by atoms with Crippen molar-refractivity contribution in [3.63, 3.8) is 0 Å². The van der Waals surface area contributed by atoms with Crippen molar-refractivity contribution in [3.8, 4) is 0 Å². The average Bonchev–Trinajstić information content (AvgIpc) is 2.52. The molecule has 0 radical (unpaired) electrons. The summed E-state index contributed by atoms with van der Waals surface area (Å²) in [7, 11) is 0. The maximum atomic E-state index is 3.99. The highest BCUT2D eigenvalue weighted by molar-refractivity contribution is 5.14. The third-order valence-corrected chi connectivity index (χ3v) is 2.16. The Bertz CT molecular complexity index is 230. The molecule has 3 nitrogen and oxygen atoms in total. The number of aromatic nitrogens is 2. The number of aryl methyl sites for hydroxylation is 2. The zero-order chi connectivity index (χ0) is 9.52. The molecule has 2 N–H and O–H groups in total. The summed E-state index contributed by atoms with van der Waals surface area (Å²) in [5, 5.41) is 10.3. The van der Waals surface area contributed by atoms with Crippen LogP contribution in [0.3, 0.4) is 0 Å². The van der Waals surface area contributed by atoms with E-state index in [0.29, 0.717) is 0 Å². The van der Waals surface area contributed by atoms with Crippen molar-refractivity contribution >= 4 is 0 Å². The van der Waals surface area contributed by atoms with Crippen LogP contribution in [0, 0.1) is 6.92 Å². The molecule has 0 spiro atoms. The number of nitrogens with one attached hydrogen (secondary N) is 2. The first-order valence-corrected chi connectivity index (χ1v) is 5.04. The van der Waals surface area contributed by atoms with Gasteiger partial charge in [0.05, 0.1) is 6.20 Å². The molecular weight excluding hydrogens is 162 g/mol. The Morgan fingerprint density at radius 1 is 1.46 bits per heavy atom. The van der Waals surface area contributed by atoms with Crippen molar-refractivity contribution < 1.29 is 0 Å². The molecule has 3 heteroatoms. The maximum absolute atomic E-state index is 3.99. The SMILES string of the molecule is CCCNCCCc1cn[nH]c1C. The zero-order valence-corrected chi connectivity index (χ0v) is 8.56. The van der Waals surface area contributed by atoms with Gasteiger partial charge in [0.1, 0.15) is 0 Å². The van der Waals surface area contributed by atoms with Gasteiger partial charge in [-0.15, -0.1) is 0 Å². The van der Waals surface area contributed by atoms with Gasteiger partial charge in [0.25, 0.3) is 0 Å². The Hall–Kier alpha value is -0.830. The molecule has 0 aliphatic rings.